The van der Waals surface area contributed by atoms with Crippen molar-refractivity contribution >= 4 is 29.9 Å². The van der Waals surface area contributed by atoms with E-state index in [0.29, 0.717) is 13.1 Å². The highest BCUT2D eigenvalue weighted by atomic mass is 127. The van der Waals surface area contributed by atoms with Crippen LogP contribution >= 0.6 is 24.0 Å². The molecule has 0 spiro atoms. The van der Waals surface area contributed by atoms with Gasteiger partial charge in [-0.25, -0.2) is 4.99 Å². The summed E-state index contributed by atoms with van der Waals surface area (Å²) in [6, 6.07) is 1.90. The maximum absolute atomic E-state index is 10.3. The van der Waals surface area contributed by atoms with Gasteiger partial charge in [0.05, 0.1) is 24.7 Å². The van der Waals surface area contributed by atoms with Crippen LogP contribution in [0.4, 0.5) is 0 Å². The normalized spacial score (nSPS) is 17.6. The molecule has 20 heavy (non-hydrogen) atoms. The zero-order chi connectivity index (χ0) is 13.6. The van der Waals surface area contributed by atoms with Crippen molar-refractivity contribution in [1.29, 1.82) is 0 Å². The highest BCUT2D eigenvalue weighted by Gasteiger charge is 2.30. The summed E-state index contributed by atoms with van der Waals surface area (Å²) in [5, 5.41) is 16.7. The summed E-state index contributed by atoms with van der Waals surface area (Å²) in [6.45, 7) is 3.96. The van der Waals surface area contributed by atoms with E-state index in [4.69, 9.17) is 4.42 Å². The smallest absolute Gasteiger partial charge is 0.191 e. The van der Waals surface area contributed by atoms with Crippen LogP contribution in [0.2, 0.25) is 0 Å². The third-order valence-electron chi connectivity index (χ3n) is 3.46. The molecule has 1 fully saturated rings. The van der Waals surface area contributed by atoms with Crippen molar-refractivity contribution in [2.75, 3.05) is 13.1 Å². The lowest BCUT2D eigenvalue weighted by Gasteiger charge is -2.23. The average Bonchev–Trinajstić information content (AvgIpc) is 3.05. The number of furan rings is 1. The predicted octanol–water partition coefficient (Wildman–Crippen LogP) is 2.26. The third-order valence-corrected chi connectivity index (χ3v) is 3.46. The van der Waals surface area contributed by atoms with Gasteiger partial charge >= 0.3 is 0 Å². The van der Waals surface area contributed by atoms with E-state index >= 15 is 0 Å². The summed E-state index contributed by atoms with van der Waals surface area (Å²) in [5.74, 6) is 0.740. The average molecular weight is 393 g/mol. The van der Waals surface area contributed by atoms with E-state index in [2.05, 4.69) is 15.6 Å². The predicted molar refractivity (Wildman–Crippen MR) is 90.4 cm³/mol. The monoisotopic (exact) mass is 393 g/mol. The van der Waals surface area contributed by atoms with Crippen molar-refractivity contribution in [2.45, 2.75) is 44.8 Å². The number of guanidine groups is 1. The Labute approximate surface area is 137 Å². The Balaban J connectivity index is 0.00000200. The van der Waals surface area contributed by atoms with Gasteiger partial charge in [-0.2, -0.15) is 0 Å². The fourth-order valence-electron chi connectivity index (χ4n) is 2.35. The number of rotatable bonds is 5. The van der Waals surface area contributed by atoms with Crippen LogP contribution in [0.15, 0.2) is 28.0 Å². The van der Waals surface area contributed by atoms with E-state index < -0.39 is 5.60 Å². The van der Waals surface area contributed by atoms with Crippen molar-refractivity contribution in [1.82, 2.24) is 10.6 Å². The Morgan fingerprint density at radius 1 is 1.40 bits per heavy atom. The molecular weight excluding hydrogens is 369 g/mol. The van der Waals surface area contributed by atoms with Crippen molar-refractivity contribution in [2.24, 2.45) is 4.99 Å². The molecule has 1 aliphatic rings. The Morgan fingerprint density at radius 2 is 2.15 bits per heavy atom. The molecule has 0 aliphatic heterocycles. The van der Waals surface area contributed by atoms with Gasteiger partial charge in [0.25, 0.3) is 0 Å². The lowest BCUT2D eigenvalue weighted by Crippen LogP contribution is -2.46. The van der Waals surface area contributed by atoms with Gasteiger partial charge in [-0.05, 0) is 25.8 Å². The van der Waals surface area contributed by atoms with Crippen LogP contribution in [0.3, 0.4) is 0 Å². The number of halogens is 1. The van der Waals surface area contributed by atoms with E-state index in [9.17, 15) is 5.11 Å². The molecule has 1 aromatic heterocycles. The molecule has 0 aromatic carbocycles. The SMILES string of the molecule is CCNC(=NCc1ccoc1)NCC1(O)CCCC1.I. The molecule has 3 N–H and O–H groups in total. The molecule has 0 bridgehead atoms. The molecule has 0 amide bonds. The van der Waals surface area contributed by atoms with Crippen LogP contribution in [-0.2, 0) is 6.54 Å². The minimum absolute atomic E-state index is 0. The minimum Gasteiger partial charge on any atom is -0.472 e. The van der Waals surface area contributed by atoms with E-state index in [0.717, 1.165) is 43.8 Å². The van der Waals surface area contributed by atoms with Crippen LogP contribution in [0.5, 0.6) is 0 Å². The van der Waals surface area contributed by atoms with Crippen LogP contribution < -0.4 is 10.6 Å². The topological polar surface area (TPSA) is 69.8 Å². The quantitative estimate of drug-likeness (QED) is 0.408. The maximum atomic E-state index is 10.3. The fraction of sp³-hybridized carbons (Fsp3) is 0.643. The van der Waals surface area contributed by atoms with E-state index in [1.54, 1.807) is 12.5 Å². The summed E-state index contributed by atoms with van der Waals surface area (Å²) >= 11 is 0. The van der Waals surface area contributed by atoms with Gasteiger partial charge in [0.2, 0.25) is 0 Å². The molecule has 2 rings (SSSR count). The number of aliphatic hydroxyl groups is 1. The number of hydrogen-bond donors (Lipinski definition) is 3. The largest absolute Gasteiger partial charge is 0.472 e. The molecule has 6 heteroatoms. The van der Waals surface area contributed by atoms with Crippen molar-refractivity contribution < 1.29 is 9.52 Å². The second kappa shape index (κ2) is 8.51. The lowest BCUT2D eigenvalue weighted by atomic mass is 10.0. The molecule has 1 heterocycles. The zero-order valence-corrected chi connectivity index (χ0v) is 14.2. The number of aliphatic imine (C=N–C) groups is 1. The van der Waals surface area contributed by atoms with Gasteiger partial charge in [0, 0.05) is 18.7 Å². The molecule has 114 valence electrons. The van der Waals surface area contributed by atoms with Gasteiger partial charge in [0.1, 0.15) is 0 Å². The summed E-state index contributed by atoms with van der Waals surface area (Å²) in [7, 11) is 0. The van der Waals surface area contributed by atoms with E-state index in [-0.39, 0.29) is 24.0 Å². The molecule has 5 nitrogen and oxygen atoms in total. The standard InChI is InChI=1S/C14H23N3O2.HI/c1-2-15-13(16-9-12-5-8-19-10-12)17-11-14(18)6-3-4-7-14;/h5,8,10,18H,2-4,6-7,9,11H2,1H3,(H2,15,16,17);1H. The summed E-state index contributed by atoms with van der Waals surface area (Å²) in [6.07, 6.45) is 7.31. The van der Waals surface area contributed by atoms with Crippen LogP contribution in [0, 0.1) is 0 Å². The number of hydrogen-bond acceptors (Lipinski definition) is 3. The number of nitrogens with one attached hydrogen (secondary N) is 2. The molecular formula is C14H24IN3O2. The molecule has 0 atom stereocenters. The first kappa shape index (κ1) is 17.3. The first-order chi connectivity index (χ1) is 9.22. The first-order valence-corrected chi connectivity index (χ1v) is 6.97. The third kappa shape index (κ3) is 5.32. The Bertz CT molecular complexity index is 401. The molecule has 1 saturated carbocycles. The van der Waals surface area contributed by atoms with Gasteiger partial charge < -0.3 is 20.2 Å². The molecule has 0 radical (unpaired) electrons. The Kier molecular flexibility index (Phi) is 7.36. The summed E-state index contributed by atoms with van der Waals surface area (Å²) in [4.78, 5) is 4.47. The van der Waals surface area contributed by atoms with E-state index in [1.807, 2.05) is 13.0 Å². The lowest BCUT2D eigenvalue weighted by molar-refractivity contribution is 0.0522. The fourth-order valence-corrected chi connectivity index (χ4v) is 2.35. The zero-order valence-electron chi connectivity index (χ0n) is 11.9. The second-order valence-electron chi connectivity index (χ2n) is 5.11. The van der Waals surface area contributed by atoms with Crippen molar-refractivity contribution in [3.8, 4) is 0 Å². The molecule has 0 unspecified atom stereocenters. The highest BCUT2D eigenvalue weighted by Crippen LogP contribution is 2.28. The van der Waals surface area contributed by atoms with Crippen molar-refractivity contribution in [3.63, 3.8) is 0 Å². The first-order valence-electron chi connectivity index (χ1n) is 6.97. The van der Waals surface area contributed by atoms with Crippen LogP contribution in [0.25, 0.3) is 0 Å². The van der Waals surface area contributed by atoms with Gasteiger partial charge in [-0.1, -0.05) is 12.8 Å². The van der Waals surface area contributed by atoms with E-state index in [1.165, 1.54) is 0 Å². The molecule has 1 aromatic rings. The Hall–Kier alpha value is -0.760. The highest BCUT2D eigenvalue weighted by molar-refractivity contribution is 14.0. The van der Waals surface area contributed by atoms with Gasteiger partial charge in [-0.15, -0.1) is 24.0 Å². The van der Waals surface area contributed by atoms with Gasteiger partial charge in [0.15, 0.2) is 5.96 Å². The second-order valence-corrected chi connectivity index (χ2v) is 5.11. The molecule has 0 saturated heterocycles. The maximum Gasteiger partial charge on any atom is 0.191 e. The van der Waals surface area contributed by atoms with Gasteiger partial charge in [-0.3, -0.25) is 0 Å². The van der Waals surface area contributed by atoms with Crippen LogP contribution in [-0.4, -0.2) is 29.8 Å². The van der Waals surface area contributed by atoms with Crippen LogP contribution in [0.1, 0.15) is 38.2 Å². The summed E-state index contributed by atoms with van der Waals surface area (Å²) in [5.41, 5.74) is 0.475. The number of nitrogens with zero attached hydrogens (tertiary/aromatic N) is 1. The minimum atomic E-state index is -0.564. The Morgan fingerprint density at radius 3 is 2.75 bits per heavy atom. The summed E-state index contributed by atoms with van der Waals surface area (Å²) < 4.78 is 5.01. The van der Waals surface area contributed by atoms with Crippen molar-refractivity contribution in [3.05, 3.63) is 24.2 Å². The molecule has 1 aliphatic carbocycles.